The van der Waals surface area contributed by atoms with Gasteiger partial charge in [0.1, 0.15) is 0 Å². The smallest absolute Gasteiger partial charge is 0.381 e. The molecule has 2 aromatic heterocycles. The average Bonchev–Trinajstić information content (AvgIpc) is 3.24. The Morgan fingerprint density at radius 2 is 2.15 bits per heavy atom. The summed E-state index contributed by atoms with van der Waals surface area (Å²) >= 11 is 1.10. The van der Waals surface area contributed by atoms with Crippen LogP contribution in [-0.4, -0.2) is 53.7 Å². The van der Waals surface area contributed by atoms with Crippen molar-refractivity contribution in [1.82, 2.24) is 10.2 Å². The van der Waals surface area contributed by atoms with Gasteiger partial charge in [-0.05, 0) is 44.6 Å². The zero-order valence-corrected chi connectivity index (χ0v) is 20.4. The quantitative estimate of drug-likeness (QED) is 0.388. The molecule has 0 bridgehead atoms. The Morgan fingerprint density at radius 1 is 1.44 bits per heavy atom. The first-order valence-electron chi connectivity index (χ1n) is 11.0. The van der Waals surface area contributed by atoms with E-state index < -0.39 is 11.5 Å². The molecule has 12 heteroatoms. The topological polar surface area (TPSA) is 154 Å². The molecule has 1 amide bonds. The Bertz CT molecular complexity index is 1110. The SMILES string of the molecule is COc1c(N2CCC[C@H]([C@@H](C)CO)C2C)cc(C(=O)Nc2nnc(N/C(C)=C\C=N)s2)oc1=O. The van der Waals surface area contributed by atoms with Crippen LogP contribution in [0.25, 0.3) is 0 Å². The lowest BCUT2D eigenvalue weighted by molar-refractivity contribution is 0.0991. The Hall–Kier alpha value is -3.25. The molecule has 3 atom stereocenters. The molecule has 1 aliphatic heterocycles. The summed E-state index contributed by atoms with van der Waals surface area (Å²) in [5, 5.41) is 30.8. The normalized spacial score (nSPS) is 19.4. The number of nitrogens with one attached hydrogen (secondary N) is 3. The molecule has 4 N–H and O–H groups in total. The van der Waals surface area contributed by atoms with E-state index in [-0.39, 0.29) is 41.1 Å². The van der Waals surface area contributed by atoms with Crippen molar-refractivity contribution in [3.8, 4) is 5.75 Å². The summed E-state index contributed by atoms with van der Waals surface area (Å²) in [5.41, 5.74) is 0.430. The molecule has 3 heterocycles. The van der Waals surface area contributed by atoms with E-state index in [4.69, 9.17) is 14.6 Å². The van der Waals surface area contributed by atoms with Crippen molar-refractivity contribution in [3.63, 3.8) is 0 Å². The number of nitrogens with zero attached hydrogens (tertiary/aromatic N) is 3. The van der Waals surface area contributed by atoms with Gasteiger partial charge in [0.05, 0.1) is 12.8 Å². The monoisotopic (exact) mass is 490 g/mol. The van der Waals surface area contributed by atoms with Crippen molar-refractivity contribution in [1.29, 1.82) is 5.41 Å². The van der Waals surface area contributed by atoms with E-state index in [0.717, 1.165) is 30.4 Å². The highest BCUT2D eigenvalue weighted by Crippen LogP contribution is 2.36. The molecule has 184 valence electrons. The van der Waals surface area contributed by atoms with Crippen LogP contribution >= 0.6 is 11.3 Å². The largest absolute Gasteiger partial charge is 0.488 e. The van der Waals surface area contributed by atoms with Crippen molar-refractivity contribution in [3.05, 3.63) is 34.0 Å². The molecule has 11 nitrogen and oxygen atoms in total. The Morgan fingerprint density at radius 3 is 2.79 bits per heavy atom. The summed E-state index contributed by atoms with van der Waals surface area (Å²) in [6, 6.07) is 1.53. The highest BCUT2D eigenvalue weighted by Gasteiger charge is 2.34. The number of carbonyl (C=O) groups is 1. The lowest BCUT2D eigenvalue weighted by atomic mass is 9.81. The van der Waals surface area contributed by atoms with E-state index in [9.17, 15) is 14.7 Å². The molecule has 0 saturated carbocycles. The van der Waals surface area contributed by atoms with Gasteiger partial charge in [-0.25, -0.2) is 4.79 Å². The van der Waals surface area contributed by atoms with Gasteiger partial charge in [0.25, 0.3) is 5.91 Å². The lowest BCUT2D eigenvalue weighted by Gasteiger charge is -2.43. The average molecular weight is 491 g/mol. The van der Waals surface area contributed by atoms with Crippen molar-refractivity contribution in [2.45, 2.75) is 39.7 Å². The Kier molecular flexibility index (Phi) is 8.40. The number of aliphatic hydroxyl groups is 1. The van der Waals surface area contributed by atoms with Gasteiger partial charge in [0.15, 0.2) is 5.76 Å². The molecule has 3 rings (SSSR count). The predicted octanol–water partition coefficient (Wildman–Crippen LogP) is 2.95. The number of piperidine rings is 1. The van der Waals surface area contributed by atoms with Crippen LogP contribution in [-0.2, 0) is 0 Å². The third kappa shape index (κ3) is 5.62. The van der Waals surface area contributed by atoms with E-state index in [0.29, 0.717) is 23.1 Å². The molecule has 0 spiro atoms. The zero-order chi connectivity index (χ0) is 24.8. The van der Waals surface area contributed by atoms with Crippen LogP contribution in [0.5, 0.6) is 5.75 Å². The van der Waals surface area contributed by atoms with Gasteiger partial charge in [0, 0.05) is 37.2 Å². The van der Waals surface area contributed by atoms with Crippen LogP contribution in [0.15, 0.2) is 27.1 Å². The minimum Gasteiger partial charge on any atom is -0.488 e. The van der Waals surface area contributed by atoms with Gasteiger partial charge < -0.3 is 29.9 Å². The number of hydrogen-bond donors (Lipinski definition) is 4. The second-order valence-corrected chi connectivity index (χ2v) is 9.20. The maximum atomic E-state index is 12.9. The number of amides is 1. The van der Waals surface area contributed by atoms with Gasteiger partial charge in [-0.15, -0.1) is 10.2 Å². The van der Waals surface area contributed by atoms with Gasteiger partial charge in [-0.2, -0.15) is 0 Å². The second kappa shape index (κ2) is 11.3. The number of methoxy groups -OCH3 is 1. The molecule has 1 unspecified atom stereocenters. The van der Waals surface area contributed by atoms with Crippen LogP contribution in [0.3, 0.4) is 0 Å². The number of aromatic nitrogens is 2. The van der Waals surface area contributed by atoms with Crippen molar-refractivity contribution < 1.29 is 19.1 Å². The maximum absolute atomic E-state index is 12.9. The highest BCUT2D eigenvalue weighted by molar-refractivity contribution is 7.19. The summed E-state index contributed by atoms with van der Waals surface area (Å²) < 4.78 is 10.6. The minimum atomic E-state index is -0.748. The van der Waals surface area contributed by atoms with E-state index in [2.05, 4.69) is 27.8 Å². The summed E-state index contributed by atoms with van der Waals surface area (Å²) in [5.74, 6) is -0.443. The number of anilines is 3. The Balaban J connectivity index is 1.86. The number of carbonyl (C=O) groups excluding carboxylic acids is 1. The summed E-state index contributed by atoms with van der Waals surface area (Å²) in [6.07, 6.45) is 4.56. The summed E-state index contributed by atoms with van der Waals surface area (Å²) in [6.45, 7) is 6.60. The van der Waals surface area contributed by atoms with Crippen LogP contribution in [0.4, 0.5) is 16.0 Å². The third-order valence-corrected chi connectivity index (χ3v) is 6.73. The molecule has 1 saturated heterocycles. The number of rotatable bonds is 9. The fraction of sp³-hybridized carbons (Fsp3) is 0.500. The van der Waals surface area contributed by atoms with Crippen LogP contribution in [0, 0.1) is 17.2 Å². The van der Waals surface area contributed by atoms with Crippen LogP contribution in [0.2, 0.25) is 0 Å². The van der Waals surface area contributed by atoms with E-state index in [1.807, 2.05) is 11.8 Å². The minimum absolute atomic E-state index is 0.0246. The molecular weight excluding hydrogens is 460 g/mol. The molecule has 1 fully saturated rings. The van der Waals surface area contributed by atoms with Crippen molar-refractivity contribution in [2.75, 3.05) is 35.8 Å². The summed E-state index contributed by atoms with van der Waals surface area (Å²) in [7, 11) is 1.39. The first kappa shape index (κ1) is 25.4. The molecule has 0 aromatic carbocycles. The number of aliphatic hydroxyl groups excluding tert-OH is 1. The fourth-order valence-electron chi connectivity index (χ4n) is 4.21. The zero-order valence-electron chi connectivity index (χ0n) is 19.6. The highest BCUT2D eigenvalue weighted by atomic mass is 32.1. The first-order valence-corrected chi connectivity index (χ1v) is 11.8. The Labute approximate surface area is 201 Å². The molecule has 0 radical (unpaired) electrons. The number of hydrogen-bond acceptors (Lipinski definition) is 11. The van der Waals surface area contributed by atoms with E-state index >= 15 is 0 Å². The van der Waals surface area contributed by atoms with Crippen LogP contribution < -0.4 is 25.9 Å². The predicted molar refractivity (Wildman–Crippen MR) is 131 cm³/mol. The molecule has 2 aromatic rings. The van der Waals surface area contributed by atoms with E-state index in [1.165, 1.54) is 13.2 Å². The first-order chi connectivity index (χ1) is 16.3. The third-order valence-electron chi connectivity index (χ3n) is 5.98. The molecule has 34 heavy (non-hydrogen) atoms. The molecule has 0 aliphatic carbocycles. The number of ether oxygens (including phenoxy) is 1. The fourth-order valence-corrected chi connectivity index (χ4v) is 4.91. The standard InChI is InChI=1S/C22H30N6O5S/c1-12(11-29)15-6-5-9-28(14(15)3)16-10-17(33-20(31)18(16)32-4)19(30)25-22-27-26-21(34-22)24-13(2)7-8-23/h7-8,10,12,14-15,23,29H,5-6,9,11H2,1-4H3,(H,24,26)(H,25,27,30)/b13-7-,23-8?/t12-,14?,15+/m0/s1. The molecule has 1 aliphatic rings. The van der Waals surface area contributed by atoms with Gasteiger partial charge >= 0.3 is 5.63 Å². The van der Waals surface area contributed by atoms with Gasteiger partial charge in [-0.1, -0.05) is 18.3 Å². The van der Waals surface area contributed by atoms with Gasteiger partial charge in [0.2, 0.25) is 16.0 Å². The maximum Gasteiger partial charge on any atom is 0.381 e. The summed E-state index contributed by atoms with van der Waals surface area (Å²) in [4.78, 5) is 27.6. The number of allylic oxidation sites excluding steroid dienone is 2. The second-order valence-electron chi connectivity index (χ2n) is 8.22. The van der Waals surface area contributed by atoms with Gasteiger partial charge in [-0.3, -0.25) is 10.1 Å². The van der Waals surface area contributed by atoms with Crippen LogP contribution in [0.1, 0.15) is 44.2 Å². The lowest BCUT2D eigenvalue weighted by Crippen LogP contribution is -2.46. The van der Waals surface area contributed by atoms with E-state index in [1.54, 1.807) is 13.0 Å². The van der Waals surface area contributed by atoms with Crippen molar-refractivity contribution in [2.24, 2.45) is 11.8 Å². The van der Waals surface area contributed by atoms with Crippen molar-refractivity contribution >= 4 is 39.4 Å². The molecular formula is C22H30N6O5S.